The Bertz CT molecular complexity index is 581. The summed E-state index contributed by atoms with van der Waals surface area (Å²) in [6, 6.07) is -0.997. The molecule has 0 aromatic carbocycles. The van der Waals surface area contributed by atoms with E-state index in [4.69, 9.17) is 0 Å². The van der Waals surface area contributed by atoms with Gasteiger partial charge in [-0.3, -0.25) is 9.89 Å². The summed E-state index contributed by atoms with van der Waals surface area (Å²) in [4.78, 5) is 11.3. The Balaban J connectivity index is 2.39. The maximum atomic E-state index is 12.5. The predicted octanol–water partition coefficient (Wildman–Crippen LogP) is 0.592. The van der Waals surface area contributed by atoms with E-state index in [1.165, 1.54) is 6.20 Å². The molecule has 1 fully saturated rings. The van der Waals surface area contributed by atoms with Gasteiger partial charge in [0.05, 0.1) is 11.9 Å². The summed E-state index contributed by atoms with van der Waals surface area (Å²) in [7, 11) is -3.81. The van der Waals surface area contributed by atoms with Crippen LogP contribution < -0.4 is 0 Å². The third kappa shape index (κ3) is 2.50. The summed E-state index contributed by atoms with van der Waals surface area (Å²) in [5.74, 6) is -0.894. The lowest BCUT2D eigenvalue weighted by Crippen LogP contribution is -2.49. The first kappa shape index (κ1) is 14.0. The fraction of sp³-hybridized carbons (Fsp3) is 0.636. The van der Waals surface area contributed by atoms with Crippen LogP contribution in [0.1, 0.15) is 25.5 Å². The molecule has 2 heterocycles. The highest BCUT2D eigenvalue weighted by Gasteiger charge is 2.40. The first-order valence-electron chi connectivity index (χ1n) is 6.08. The molecule has 0 amide bonds. The monoisotopic (exact) mass is 287 g/mol. The van der Waals surface area contributed by atoms with Crippen LogP contribution in [-0.4, -0.2) is 46.6 Å². The van der Waals surface area contributed by atoms with E-state index in [2.05, 4.69) is 10.2 Å². The van der Waals surface area contributed by atoms with E-state index < -0.39 is 22.0 Å². The Morgan fingerprint density at radius 1 is 1.58 bits per heavy atom. The van der Waals surface area contributed by atoms with Crippen LogP contribution in [0.15, 0.2) is 11.1 Å². The third-order valence-corrected chi connectivity index (χ3v) is 5.49. The van der Waals surface area contributed by atoms with Crippen molar-refractivity contribution in [2.24, 2.45) is 5.92 Å². The molecule has 1 aliphatic rings. The molecule has 8 heteroatoms. The molecule has 19 heavy (non-hydrogen) atoms. The number of aryl methyl sites for hydroxylation is 1. The highest BCUT2D eigenvalue weighted by atomic mass is 32.2. The summed E-state index contributed by atoms with van der Waals surface area (Å²) in [5, 5.41) is 15.5. The summed E-state index contributed by atoms with van der Waals surface area (Å²) in [6.07, 6.45) is 2.23. The third-order valence-electron chi connectivity index (χ3n) is 3.47. The molecule has 2 rings (SSSR count). The van der Waals surface area contributed by atoms with Crippen molar-refractivity contribution in [2.75, 3.05) is 6.54 Å². The number of rotatable bonds is 3. The van der Waals surface area contributed by atoms with Gasteiger partial charge in [-0.1, -0.05) is 6.92 Å². The zero-order valence-electron chi connectivity index (χ0n) is 10.8. The van der Waals surface area contributed by atoms with Gasteiger partial charge in [-0.15, -0.1) is 0 Å². The molecule has 0 saturated carbocycles. The average molecular weight is 287 g/mol. The number of nitrogens with zero attached hydrogens (tertiary/aromatic N) is 2. The number of carboxylic acids is 1. The molecule has 1 saturated heterocycles. The molecule has 7 nitrogen and oxygen atoms in total. The highest BCUT2D eigenvalue weighted by Crippen LogP contribution is 2.29. The van der Waals surface area contributed by atoms with Gasteiger partial charge in [0.25, 0.3) is 0 Å². The van der Waals surface area contributed by atoms with Crippen LogP contribution in [0.25, 0.3) is 0 Å². The molecule has 2 unspecified atom stereocenters. The Morgan fingerprint density at radius 2 is 2.26 bits per heavy atom. The SMILES string of the molecule is Cc1[nH]ncc1S(=O)(=O)N1CCC(C)CC1C(=O)O. The number of nitrogens with one attached hydrogen (secondary N) is 1. The minimum Gasteiger partial charge on any atom is -0.480 e. The predicted molar refractivity (Wildman–Crippen MR) is 67.0 cm³/mol. The molecule has 0 spiro atoms. The van der Waals surface area contributed by atoms with Crippen molar-refractivity contribution in [1.82, 2.24) is 14.5 Å². The van der Waals surface area contributed by atoms with Gasteiger partial charge in [-0.05, 0) is 25.7 Å². The van der Waals surface area contributed by atoms with Gasteiger partial charge in [-0.2, -0.15) is 9.40 Å². The van der Waals surface area contributed by atoms with E-state index in [0.717, 1.165) is 4.31 Å². The van der Waals surface area contributed by atoms with Crippen LogP contribution in [-0.2, 0) is 14.8 Å². The van der Waals surface area contributed by atoms with Gasteiger partial charge in [0.1, 0.15) is 10.9 Å². The quantitative estimate of drug-likeness (QED) is 0.847. The highest BCUT2D eigenvalue weighted by molar-refractivity contribution is 7.89. The van der Waals surface area contributed by atoms with E-state index in [1.807, 2.05) is 6.92 Å². The summed E-state index contributed by atoms with van der Waals surface area (Å²) in [5.41, 5.74) is 0.419. The van der Waals surface area contributed by atoms with Gasteiger partial charge >= 0.3 is 5.97 Å². The second-order valence-electron chi connectivity index (χ2n) is 4.96. The number of hydrogen-bond donors (Lipinski definition) is 2. The minimum absolute atomic E-state index is 0.0494. The molecule has 2 atom stereocenters. The first-order chi connectivity index (χ1) is 8.84. The van der Waals surface area contributed by atoms with E-state index in [9.17, 15) is 18.3 Å². The largest absolute Gasteiger partial charge is 0.480 e. The number of carboxylic acid groups (broad SMARTS) is 1. The van der Waals surface area contributed by atoms with Crippen LogP contribution >= 0.6 is 0 Å². The van der Waals surface area contributed by atoms with Gasteiger partial charge in [0.2, 0.25) is 10.0 Å². The molecular formula is C11H17N3O4S. The number of aliphatic carboxylic acids is 1. The van der Waals surface area contributed by atoms with Crippen LogP contribution in [0.2, 0.25) is 0 Å². The van der Waals surface area contributed by atoms with Gasteiger partial charge in [0.15, 0.2) is 0 Å². The normalized spacial score (nSPS) is 25.4. The van der Waals surface area contributed by atoms with Crippen molar-refractivity contribution < 1.29 is 18.3 Å². The fourth-order valence-electron chi connectivity index (χ4n) is 2.36. The minimum atomic E-state index is -3.81. The second-order valence-corrected chi connectivity index (χ2v) is 6.82. The topological polar surface area (TPSA) is 103 Å². The summed E-state index contributed by atoms with van der Waals surface area (Å²) >= 11 is 0. The van der Waals surface area contributed by atoms with Crippen molar-refractivity contribution in [3.05, 3.63) is 11.9 Å². The van der Waals surface area contributed by atoms with Crippen molar-refractivity contribution in [3.8, 4) is 0 Å². The first-order valence-corrected chi connectivity index (χ1v) is 7.52. The zero-order chi connectivity index (χ0) is 14.2. The Kier molecular flexibility index (Phi) is 3.64. The van der Waals surface area contributed by atoms with E-state index in [0.29, 0.717) is 18.5 Å². The smallest absolute Gasteiger partial charge is 0.322 e. The Labute approximate surface area is 111 Å². The number of aromatic nitrogens is 2. The maximum Gasteiger partial charge on any atom is 0.322 e. The maximum absolute atomic E-state index is 12.5. The number of sulfonamides is 1. The standard InChI is InChI=1S/C11H17N3O4S/c1-7-3-4-14(9(5-7)11(15)16)19(17,18)10-6-12-13-8(10)2/h6-7,9H,3-5H2,1-2H3,(H,12,13)(H,15,16). The molecule has 0 aliphatic carbocycles. The number of carbonyl (C=O) groups is 1. The zero-order valence-corrected chi connectivity index (χ0v) is 11.6. The van der Waals surface area contributed by atoms with Crippen molar-refractivity contribution in [1.29, 1.82) is 0 Å². The lowest BCUT2D eigenvalue weighted by molar-refractivity contribution is -0.143. The van der Waals surface area contributed by atoms with E-state index in [-0.39, 0.29) is 17.4 Å². The fourth-order valence-corrected chi connectivity index (χ4v) is 4.09. The number of hydrogen-bond acceptors (Lipinski definition) is 4. The molecule has 1 aliphatic heterocycles. The Morgan fingerprint density at radius 3 is 2.79 bits per heavy atom. The van der Waals surface area contributed by atoms with Crippen molar-refractivity contribution >= 4 is 16.0 Å². The summed E-state index contributed by atoms with van der Waals surface area (Å²) in [6.45, 7) is 3.76. The van der Waals surface area contributed by atoms with Crippen LogP contribution in [0.3, 0.4) is 0 Å². The Hall–Kier alpha value is -1.41. The number of aromatic amines is 1. The molecule has 106 valence electrons. The average Bonchev–Trinajstić information content (AvgIpc) is 2.75. The molecule has 1 aromatic heterocycles. The van der Waals surface area contributed by atoms with Crippen molar-refractivity contribution in [3.63, 3.8) is 0 Å². The number of H-pyrrole nitrogens is 1. The van der Waals surface area contributed by atoms with Gasteiger partial charge in [-0.25, -0.2) is 8.42 Å². The van der Waals surface area contributed by atoms with E-state index >= 15 is 0 Å². The van der Waals surface area contributed by atoms with E-state index in [1.54, 1.807) is 6.92 Å². The van der Waals surface area contributed by atoms with Crippen LogP contribution in [0, 0.1) is 12.8 Å². The summed E-state index contributed by atoms with van der Waals surface area (Å²) < 4.78 is 26.1. The lowest BCUT2D eigenvalue weighted by atomic mass is 9.94. The van der Waals surface area contributed by atoms with Gasteiger partial charge in [0, 0.05) is 6.54 Å². The molecule has 2 N–H and O–H groups in total. The molecule has 0 bridgehead atoms. The van der Waals surface area contributed by atoms with Crippen LogP contribution in [0.4, 0.5) is 0 Å². The molecule has 1 aromatic rings. The van der Waals surface area contributed by atoms with Gasteiger partial charge < -0.3 is 5.11 Å². The lowest BCUT2D eigenvalue weighted by Gasteiger charge is -2.34. The number of piperidine rings is 1. The molecular weight excluding hydrogens is 270 g/mol. The molecule has 0 radical (unpaired) electrons. The van der Waals surface area contributed by atoms with Crippen LogP contribution in [0.5, 0.6) is 0 Å². The van der Waals surface area contributed by atoms with Crippen molar-refractivity contribution in [2.45, 2.75) is 37.6 Å². The second kappa shape index (κ2) is 4.93.